The summed E-state index contributed by atoms with van der Waals surface area (Å²) in [5.74, 6) is 0.741. The van der Waals surface area contributed by atoms with Gasteiger partial charge in [0, 0.05) is 44.6 Å². The van der Waals surface area contributed by atoms with Gasteiger partial charge in [0.05, 0.1) is 13.2 Å². The molecule has 3 heterocycles. The molecule has 6 nitrogen and oxygen atoms in total. The summed E-state index contributed by atoms with van der Waals surface area (Å²) in [4.78, 5) is 17.3. The standard InChI is InChI=1S/C16H26N4O2/c1-3-14-11-19(12-15(14)18-7-9-22-10-8-18)16(21)13(2)20-6-4-5-17-20/h4-6,13-15H,3,7-12H2,1-2H3/t13-,14+,15-/m0/s1. The van der Waals surface area contributed by atoms with Crippen LogP contribution in [-0.4, -0.2) is 70.9 Å². The zero-order valence-electron chi connectivity index (χ0n) is 13.5. The zero-order chi connectivity index (χ0) is 15.5. The number of morpholine rings is 1. The Morgan fingerprint density at radius 3 is 2.77 bits per heavy atom. The summed E-state index contributed by atoms with van der Waals surface area (Å²) >= 11 is 0. The Labute approximate surface area is 132 Å². The molecular formula is C16H26N4O2. The van der Waals surface area contributed by atoms with Crippen LogP contribution in [0, 0.1) is 5.92 Å². The third kappa shape index (κ3) is 3.03. The lowest BCUT2D eigenvalue weighted by atomic mass is 9.99. The average molecular weight is 306 g/mol. The second kappa shape index (κ2) is 6.79. The number of hydrogen-bond donors (Lipinski definition) is 0. The van der Waals surface area contributed by atoms with Crippen molar-refractivity contribution in [1.29, 1.82) is 0 Å². The van der Waals surface area contributed by atoms with Crippen LogP contribution in [0.1, 0.15) is 26.3 Å². The molecular weight excluding hydrogens is 280 g/mol. The monoisotopic (exact) mass is 306 g/mol. The summed E-state index contributed by atoms with van der Waals surface area (Å²) in [6.45, 7) is 9.44. The molecule has 0 spiro atoms. The number of carbonyl (C=O) groups excluding carboxylic acids is 1. The van der Waals surface area contributed by atoms with E-state index in [-0.39, 0.29) is 11.9 Å². The predicted molar refractivity (Wildman–Crippen MR) is 83.5 cm³/mol. The number of carbonyl (C=O) groups is 1. The highest BCUT2D eigenvalue weighted by Gasteiger charge is 2.39. The maximum absolute atomic E-state index is 12.8. The molecule has 0 unspecified atom stereocenters. The Bertz CT molecular complexity index is 484. The molecule has 2 aliphatic heterocycles. The van der Waals surface area contributed by atoms with Crippen molar-refractivity contribution >= 4 is 5.91 Å². The highest BCUT2D eigenvalue weighted by molar-refractivity contribution is 5.80. The minimum Gasteiger partial charge on any atom is -0.379 e. The van der Waals surface area contributed by atoms with Crippen LogP contribution in [0.3, 0.4) is 0 Å². The van der Waals surface area contributed by atoms with E-state index in [1.54, 1.807) is 10.9 Å². The van der Waals surface area contributed by atoms with E-state index in [2.05, 4.69) is 16.9 Å². The number of aromatic nitrogens is 2. The third-order valence-corrected chi connectivity index (χ3v) is 5.04. The quantitative estimate of drug-likeness (QED) is 0.833. The van der Waals surface area contributed by atoms with Gasteiger partial charge in [0.15, 0.2) is 0 Å². The second-order valence-electron chi connectivity index (χ2n) is 6.29. The molecule has 3 rings (SSSR count). The van der Waals surface area contributed by atoms with Gasteiger partial charge >= 0.3 is 0 Å². The van der Waals surface area contributed by atoms with Crippen molar-refractivity contribution in [2.45, 2.75) is 32.4 Å². The zero-order valence-corrected chi connectivity index (χ0v) is 13.5. The molecule has 0 N–H and O–H groups in total. The van der Waals surface area contributed by atoms with E-state index < -0.39 is 0 Å². The van der Waals surface area contributed by atoms with E-state index in [0.717, 1.165) is 45.8 Å². The van der Waals surface area contributed by atoms with Gasteiger partial charge in [-0.05, 0) is 18.9 Å². The minimum absolute atomic E-state index is 0.179. The second-order valence-corrected chi connectivity index (χ2v) is 6.29. The van der Waals surface area contributed by atoms with Crippen molar-refractivity contribution in [3.05, 3.63) is 18.5 Å². The Hall–Kier alpha value is -1.40. The van der Waals surface area contributed by atoms with Gasteiger partial charge in [-0.2, -0.15) is 5.10 Å². The fourth-order valence-corrected chi connectivity index (χ4v) is 3.65. The molecule has 122 valence electrons. The fraction of sp³-hybridized carbons (Fsp3) is 0.750. The minimum atomic E-state index is -0.226. The summed E-state index contributed by atoms with van der Waals surface area (Å²) in [7, 11) is 0. The molecule has 2 fully saturated rings. The van der Waals surface area contributed by atoms with Crippen LogP contribution in [-0.2, 0) is 9.53 Å². The first-order valence-electron chi connectivity index (χ1n) is 8.30. The number of rotatable bonds is 4. The number of likely N-dealkylation sites (tertiary alicyclic amines) is 1. The first-order valence-corrected chi connectivity index (χ1v) is 8.30. The molecule has 0 aromatic carbocycles. The normalized spacial score (nSPS) is 28.0. The largest absolute Gasteiger partial charge is 0.379 e. The van der Waals surface area contributed by atoms with E-state index in [4.69, 9.17) is 4.74 Å². The number of ether oxygens (including phenoxy) is 1. The Morgan fingerprint density at radius 2 is 2.14 bits per heavy atom. The molecule has 2 aliphatic rings. The van der Waals surface area contributed by atoms with Crippen molar-refractivity contribution in [1.82, 2.24) is 19.6 Å². The third-order valence-electron chi connectivity index (χ3n) is 5.04. The fourth-order valence-electron chi connectivity index (χ4n) is 3.65. The molecule has 0 bridgehead atoms. The van der Waals surface area contributed by atoms with Crippen LogP contribution in [0.25, 0.3) is 0 Å². The maximum Gasteiger partial charge on any atom is 0.247 e. The van der Waals surface area contributed by atoms with Crippen LogP contribution < -0.4 is 0 Å². The van der Waals surface area contributed by atoms with Crippen molar-refractivity contribution < 1.29 is 9.53 Å². The lowest BCUT2D eigenvalue weighted by Gasteiger charge is -2.34. The molecule has 0 aliphatic carbocycles. The first kappa shape index (κ1) is 15.5. The molecule has 22 heavy (non-hydrogen) atoms. The van der Waals surface area contributed by atoms with Crippen LogP contribution in [0.2, 0.25) is 0 Å². The van der Waals surface area contributed by atoms with Crippen molar-refractivity contribution in [3.8, 4) is 0 Å². The van der Waals surface area contributed by atoms with Gasteiger partial charge in [0.25, 0.3) is 0 Å². The number of hydrogen-bond acceptors (Lipinski definition) is 4. The molecule has 1 aromatic rings. The Kier molecular flexibility index (Phi) is 4.78. The van der Waals surface area contributed by atoms with Crippen LogP contribution >= 0.6 is 0 Å². The molecule has 0 radical (unpaired) electrons. The molecule has 2 saturated heterocycles. The summed E-state index contributed by atoms with van der Waals surface area (Å²) in [6, 6.07) is 2.11. The Morgan fingerprint density at radius 1 is 1.36 bits per heavy atom. The maximum atomic E-state index is 12.8. The number of nitrogens with zero attached hydrogens (tertiary/aromatic N) is 4. The van der Waals surface area contributed by atoms with Gasteiger partial charge in [-0.25, -0.2) is 0 Å². The highest BCUT2D eigenvalue weighted by Crippen LogP contribution is 2.27. The summed E-state index contributed by atoms with van der Waals surface area (Å²) < 4.78 is 7.20. The van der Waals surface area contributed by atoms with Crippen LogP contribution in [0.5, 0.6) is 0 Å². The van der Waals surface area contributed by atoms with Crippen molar-refractivity contribution in [3.63, 3.8) is 0 Å². The average Bonchev–Trinajstić information content (AvgIpc) is 3.23. The van der Waals surface area contributed by atoms with Gasteiger partial charge in [-0.1, -0.05) is 13.3 Å². The summed E-state index contributed by atoms with van der Waals surface area (Å²) in [6.07, 6.45) is 4.69. The molecule has 1 amide bonds. The van der Waals surface area contributed by atoms with Crippen LogP contribution in [0.4, 0.5) is 0 Å². The van der Waals surface area contributed by atoms with Gasteiger partial charge in [-0.3, -0.25) is 14.4 Å². The van der Waals surface area contributed by atoms with Gasteiger partial charge in [0.1, 0.15) is 6.04 Å². The lowest BCUT2D eigenvalue weighted by Crippen LogP contribution is -2.47. The van der Waals surface area contributed by atoms with Gasteiger partial charge in [0.2, 0.25) is 5.91 Å². The molecule has 0 saturated carbocycles. The predicted octanol–water partition coefficient (Wildman–Crippen LogP) is 1.01. The SMILES string of the molecule is CC[C@@H]1CN(C(=O)[C@H](C)n2cccn2)C[C@@H]1N1CCOCC1. The topological polar surface area (TPSA) is 50.6 Å². The van der Waals surface area contributed by atoms with Crippen molar-refractivity contribution in [2.75, 3.05) is 39.4 Å². The van der Waals surface area contributed by atoms with E-state index in [1.165, 1.54) is 0 Å². The van der Waals surface area contributed by atoms with E-state index >= 15 is 0 Å². The Balaban J connectivity index is 1.66. The molecule has 1 aromatic heterocycles. The first-order chi connectivity index (χ1) is 10.7. The molecule has 3 atom stereocenters. The van der Waals surface area contributed by atoms with E-state index in [1.807, 2.05) is 24.1 Å². The highest BCUT2D eigenvalue weighted by atomic mass is 16.5. The number of amides is 1. The van der Waals surface area contributed by atoms with Gasteiger partial charge < -0.3 is 9.64 Å². The van der Waals surface area contributed by atoms with Gasteiger partial charge in [-0.15, -0.1) is 0 Å². The summed E-state index contributed by atoms with van der Waals surface area (Å²) in [5, 5.41) is 4.20. The summed E-state index contributed by atoms with van der Waals surface area (Å²) in [5.41, 5.74) is 0. The lowest BCUT2D eigenvalue weighted by molar-refractivity contribution is -0.133. The molecule has 6 heteroatoms. The smallest absolute Gasteiger partial charge is 0.247 e. The van der Waals surface area contributed by atoms with E-state index in [9.17, 15) is 4.79 Å². The van der Waals surface area contributed by atoms with Crippen LogP contribution in [0.15, 0.2) is 18.5 Å². The van der Waals surface area contributed by atoms with Crippen molar-refractivity contribution in [2.24, 2.45) is 5.92 Å². The van der Waals surface area contributed by atoms with E-state index in [0.29, 0.717) is 12.0 Å².